The van der Waals surface area contributed by atoms with E-state index in [2.05, 4.69) is 17.2 Å². The first-order valence-electron chi connectivity index (χ1n) is 14.6. The van der Waals surface area contributed by atoms with Crippen molar-refractivity contribution in [3.8, 4) is 5.75 Å². The third-order valence-electron chi connectivity index (χ3n) is 9.11. The van der Waals surface area contributed by atoms with Gasteiger partial charge >= 0.3 is 11.9 Å². The van der Waals surface area contributed by atoms with Crippen LogP contribution in [0.25, 0.3) is 0 Å². The molecule has 0 bridgehead atoms. The van der Waals surface area contributed by atoms with Crippen LogP contribution in [-0.4, -0.2) is 29.8 Å². The van der Waals surface area contributed by atoms with Gasteiger partial charge in [0.15, 0.2) is 0 Å². The number of hydrogen-bond acceptors (Lipinski definition) is 6. The molecule has 4 aliphatic heterocycles. The quantitative estimate of drug-likeness (QED) is 0.414. The normalized spacial score (nSPS) is 29.5. The number of cyclic esters (lactones) is 1. The predicted molar refractivity (Wildman–Crippen MR) is 159 cm³/mol. The van der Waals surface area contributed by atoms with Crippen LogP contribution in [0.15, 0.2) is 108 Å². The van der Waals surface area contributed by atoms with Crippen LogP contribution in [0.3, 0.4) is 0 Å². The minimum absolute atomic E-state index is 0.197. The molecule has 2 radical (unpaired) electrons. The Morgan fingerprint density at radius 1 is 0.750 bits per heavy atom. The van der Waals surface area contributed by atoms with E-state index in [1.807, 2.05) is 72.9 Å². The molecule has 6 aliphatic rings. The van der Waals surface area contributed by atoms with Crippen molar-refractivity contribution in [2.75, 3.05) is 0 Å². The Kier molecular flexibility index (Phi) is 6.11. The Labute approximate surface area is 253 Å². The van der Waals surface area contributed by atoms with E-state index < -0.39 is 41.7 Å². The van der Waals surface area contributed by atoms with Gasteiger partial charge in [-0.2, -0.15) is 0 Å². The molecule has 8 heteroatoms. The zero-order chi connectivity index (χ0) is 29.9. The van der Waals surface area contributed by atoms with E-state index in [1.54, 1.807) is 24.3 Å². The highest BCUT2D eigenvalue weighted by Gasteiger charge is 2.45. The van der Waals surface area contributed by atoms with E-state index in [4.69, 9.17) is 9.47 Å². The molecule has 0 saturated heterocycles. The summed E-state index contributed by atoms with van der Waals surface area (Å²) in [6.45, 7) is 2.84. The summed E-state index contributed by atoms with van der Waals surface area (Å²) in [5.41, 5.74) is 4.57. The lowest BCUT2D eigenvalue weighted by molar-refractivity contribution is -0.141. The minimum atomic E-state index is -0.808. The summed E-state index contributed by atoms with van der Waals surface area (Å²) >= 11 is 0. The first kappa shape index (κ1) is 26.4. The average molecular weight is 583 g/mol. The molecule has 4 heterocycles. The van der Waals surface area contributed by atoms with Crippen molar-refractivity contribution in [1.82, 2.24) is 10.6 Å². The van der Waals surface area contributed by atoms with Crippen LogP contribution < -0.4 is 15.4 Å². The van der Waals surface area contributed by atoms with Crippen molar-refractivity contribution in [3.63, 3.8) is 0 Å². The van der Waals surface area contributed by atoms with Crippen LogP contribution in [0.5, 0.6) is 5.75 Å². The van der Waals surface area contributed by atoms with Gasteiger partial charge in [0.2, 0.25) is 18.4 Å². The van der Waals surface area contributed by atoms with Gasteiger partial charge in [-0.3, -0.25) is 14.4 Å². The number of carbonyl (C=O) groups is 4. The number of allylic oxidation sites excluding steroid dienone is 5. The molecule has 8 rings (SSSR count). The van der Waals surface area contributed by atoms with Gasteiger partial charge in [-0.05, 0) is 52.0 Å². The van der Waals surface area contributed by atoms with Gasteiger partial charge in [0.05, 0.1) is 35.4 Å². The van der Waals surface area contributed by atoms with Crippen molar-refractivity contribution in [1.29, 1.82) is 0 Å². The fourth-order valence-corrected chi connectivity index (χ4v) is 7.01. The maximum atomic E-state index is 13.7. The van der Waals surface area contributed by atoms with Gasteiger partial charge in [-0.1, -0.05) is 85.0 Å². The van der Waals surface area contributed by atoms with E-state index in [0.717, 1.165) is 16.7 Å². The number of ether oxygens (including phenoxy) is 2. The number of hydrogen-bond donors (Lipinski definition) is 2. The molecule has 6 unspecified atom stereocenters. The molecule has 0 fully saturated rings. The number of esters is 2. The Bertz CT molecular complexity index is 1840. The molecule has 0 aromatic heterocycles. The maximum absolute atomic E-state index is 13.7. The molecule has 2 N–H and O–H groups in total. The fraction of sp³-hybridized carbons (Fsp3) is 0.194. The van der Waals surface area contributed by atoms with Crippen LogP contribution >= 0.6 is 0 Å². The van der Waals surface area contributed by atoms with E-state index in [0.29, 0.717) is 28.9 Å². The Balaban J connectivity index is 1.33. The number of nitrogens with one attached hydrogen (secondary N) is 2. The average Bonchev–Trinajstić information content (AvgIpc) is 3.04. The van der Waals surface area contributed by atoms with Crippen molar-refractivity contribution >= 4 is 23.8 Å². The lowest BCUT2D eigenvalue weighted by Crippen LogP contribution is -2.44. The number of benzene rings is 2. The summed E-state index contributed by atoms with van der Waals surface area (Å²) in [5, 5.41) is 6.21. The second-order valence-electron chi connectivity index (χ2n) is 11.6. The predicted octanol–water partition coefficient (Wildman–Crippen LogP) is 4.23. The highest BCUT2D eigenvalue weighted by molar-refractivity contribution is 5.96. The summed E-state index contributed by atoms with van der Waals surface area (Å²) < 4.78 is 11.1. The van der Waals surface area contributed by atoms with Crippen LogP contribution in [0, 0.1) is 18.4 Å². The van der Waals surface area contributed by atoms with Crippen molar-refractivity contribution < 1.29 is 28.7 Å². The Morgan fingerprint density at radius 2 is 1.52 bits per heavy atom. The summed E-state index contributed by atoms with van der Waals surface area (Å²) in [5.74, 6) is -3.71. The van der Waals surface area contributed by atoms with Crippen LogP contribution in [0.1, 0.15) is 50.5 Å². The number of rotatable bonds is 3. The van der Waals surface area contributed by atoms with Crippen molar-refractivity contribution in [3.05, 3.63) is 143 Å². The van der Waals surface area contributed by atoms with Crippen LogP contribution in [0.2, 0.25) is 0 Å². The molecule has 44 heavy (non-hydrogen) atoms. The molecule has 8 nitrogen and oxygen atoms in total. The molecule has 2 aromatic rings. The summed E-state index contributed by atoms with van der Waals surface area (Å²) in [6.07, 6.45) is 19.3. The van der Waals surface area contributed by atoms with Gasteiger partial charge in [-0.15, -0.1) is 0 Å². The standard InChI is InChI=1S/C36H26N2O6/c39-33-22-10-4-1-7-19(22)17-29(38-33)32-23(25-15-20-8-2-5-11-28(20)37-34(25)40)13-14-24-31(32)27(18-43-35(24)41)26-16-21-9-3-6-12-30(21)44-36(26)42/h1-15,17,22,25-29H,16H2,(H,37,40)(H,38,39). The van der Waals surface area contributed by atoms with Crippen LogP contribution in [0.4, 0.5) is 0 Å². The summed E-state index contributed by atoms with van der Waals surface area (Å²) in [7, 11) is 0. The fourth-order valence-electron chi connectivity index (χ4n) is 7.01. The lowest BCUT2D eigenvalue weighted by Gasteiger charge is -2.38. The molecule has 2 aliphatic carbocycles. The van der Waals surface area contributed by atoms with E-state index in [-0.39, 0.29) is 23.4 Å². The third-order valence-corrected chi connectivity index (χ3v) is 9.11. The minimum Gasteiger partial charge on any atom is -0.446 e. The smallest absolute Gasteiger partial charge is 0.339 e. The highest BCUT2D eigenvalue weighted by atomic mass is 16.5. The molecule has 6 atom stereocenters. The number of amides is 2. The topological polar surface area (TPSA) is 111 Å². The molecule has 0 spiro atoms. The second kappa shape index (κ2) is 10.2. The first-order valence-corrected chi connectivity index (χ1v) is 14.6. The molecule has 2 amide bonds. The monoisotopic (exact) mass is 582 g/mol. The van der Waals surface area contributed by atoms with Gasteiger partial charge in [0, 0.05) is 5.92 Å². The van der Waals surface area contributed by atoms with E-state index in [9.17, 15) is 19.2 Å². The first-order chi connectivity index (χ1) is 21.5. The molecule has 2 aromatic carbocycles. The van der Waals surface area contributed by atoms with Gasteiger partial charge in [0.25, 0.3) is 0 Å². The number of fused-ring (bicyclic) bond motifs is 4. The van der Waals surface area contributed by atoms with Gasteiger partial charge < -0.3 is 20.1 Å². The van der Waals surface area contributed by atoms with E-state index in [1.165, 1.54) is 0 Å². The molecular weight excluding hydrogens is 556 g/mol. The SMILES string of the molecule is O=C1O[C]C(C2Cc3ccccc3OC2=O)c2c1ccc(C1C=C3C=CC=CC3NC1=O)c2C1C=C2C=CC=CC2C(=O)N1. The molecular formula is C36H26N2O6. The van der Waals surface area contributed by atoms with Crippen molar-refractivity contribution in [2.24, 2.45) is 11.8 Å². The van der Waals surface area contributed by atoms with Gasteiger partial charge in [0.1, 0.15) is 5.75 Å². The zero-order valence-electron chi connectivity index (χ0n) is 23.4. The number of para-hydroxylation sites is 1. The second-order valence-corrected chi connectivity index (χ2v) is 11.6. The summed E-state index contributed by atoms with van der Waals surface area (Å²) in [6, 6.07) is 9.81. The summed E-state index contributed by atoms with van der Waals surface area (Å²) in [4.78, 5) is 53.8. The maximum Gasteiger partial charge on any atom is 0.339 e. The Hall–Kier alpha value is -5.24. The largest absolute Gasteiger partial charge is 0.446 e. The third kappa shape index (κ3) is 4.20. The van der Waals surface area contributed by atoms with E-state index >= 15 is 0 Å². The Morgan fingerprint density at radius 3 is 2.41 bits per heavy atom. The number of carbonyl (C=O) groups excluding carboxylic acids is 4. The lowest BCUT2D eigenvalue weighted by atomic mass is 9.72. The van der Waals surface area contributed by atoms with Crippen LogP contribution in [-0.2, 0) is 25.5 Å². The molecule has 216 valence electrons. The van der Waals surface area contributed by atoms with Crippen molar-refractivity contribution in [2.45, 2.75) is 30.3 Å². The highest BCUT2D eigenvalue weighted by Crippen LogP contribution is 2.47. The zero-order valence-corrected chi connectivity index (χ0v) is 23.4. The van der Waals surface area contributed by atoms with Gasteiger partial charge in [-0.25, -0.2) is 4.79 Å². The molecule has 0 saturated carbocycles.